The number of aliphatic hydroxyl groups is 1. The molecule has 34 heavy (non-hydrogen) atoms. The van der Waals surface area contributed by atoms with E-state index in [1.807, 2.05) is 26.8 Å². The van der Waals surface area contributed by atoms with Gasteiger partial charge in [0.2, 0.25) is 5.88 Å². The maximum Gasteiger partial charge on any atom is 0.305 e. The Balaban J connectivity index is 1.92. The molecule has 1 heterocycles. The molecular formula is C25H28ClN3O5. The van der Waals surface area contributed by atoms with E-state index < -0.39 is 29.4 Å². The highest BCUT2D eigenvalue weighted by Gasteiger charge is 2.26. The van der Waals surface area contributed by atoms with Crippen LogP contribution >= 0.6 is 11.6 Å². The number of hydrogen-bond acceptors (Lipinski definition) is 5. The van der Waals surface area contributed by atoms with Crippen LogP contribution in [0.25, 0.3) is 5.69 Å². The van der Waals surface area contributed by atoms with Crippen LogP contribution in [0.4, 0.5) is 0 Å². The van der Waals surface area contributed by atoms with E-state index in [-0.39, 0.29) is 24.6 Å². The second kappa shape index (κ2) is 10.7. The summed E-state index contributed by atoms with van der Waals surface area (Å²) in [4.78, 5) is 24.5. The highest BCUT2D eigenvalue weighted by Crippen LogP contribution is 2.27. The second-order valence-corrected chi connectivity index (χ2v) is 9.37. The number of nitrogens with one attached hydrogen (secondary N) is 1. The lowest BCUT2D eigenvalue weighted by Gasteiger charge is -2.25. The first-order chi connectivity index (χ1) is 16.1. The molecular weight excluding hydrogens is 458 g/mol. The number of para-hydroxylation sites is 1. The molecule has 0 aliphatic rings. The molecule has 3 N–H and O–H groups in total. The Kier molecular flexibility index (Phi) is 7.96. The van der Waals surface area contributed by atoms with Gasteiger partial charge in [0.15, 0.2) is 5.69 Å². The summed E-state index contributed by atoms with van der Waals surface area (Å²) < 4.78 is 7.23. The van der Waals surface area contributed by atoms with Crippen molar-refractivity contribution in [1.29, 1.82) is 0 Å². The van der Waals surface area contributed by atoms with Gasteiger partial charge in [-0.1, -0.05) is 74.8 Å². The Labute approximate surface area is 203 Å². The summed E-state index contributed by atoms with van der Waals surface area (Å²) in [5.74, 6) is -1.39. The fraction of sp³-hybridized carbons (Fsp3) is 0.320. The van der Waals surface area contributed by atoms with Gasteiger partial charge in [-0.15, -0.1) is 0 Å². The predicted octanol–water partition coefficient (Wildman–Crippen LogP) is 4.26. The Hall–Kier alpha value is -3.36. The number of carbonyl (C=O) groups is 2. The van der Waals surface area contributed by atoms with Crippen molar-refractivity contribution < 1.29 is 24.5 Å². The molecule has 2 atom stereocenters. The highest BCUT2D eigenvalue weighted by atomic mass is 35.5. The van der Waals surface area contributed by atoms with E-state index in [9.17, 15) is 19.8 Å². The molecule has 2 aromatic carbocycles. The van der Waals surface area contributed by atoms with Crippen LogP contribution in [0, 0.1) is 5.41 Å². The number of carboxylic acids is 1. The smallest absolute Gasteiger partial charge is 0.305 e. The average Bonchev–Trinajstić information content (AvgIpc) is 3.21. The summed E-state index contributed by atoms with van der Waals surface area (Å²) in [6.45, 7) is 5.64. The van der Waals surface area contributed by atoms with Gasteiger partial charge >= 0.3 is 5.97 Å². The van der Waals surface area contributed by atoms with E-state index in [2.05, 4.69) is 10.4 Å². The van der Waals surface area contributed by atoms with Gasteiger partial charge in [-0.2, -0.15) is 9.78 Å². The minimum atomic E-state index is -1.05. The number of carboxylic acid groups (broad SMARTS) is 1. The molecule has 0 aliphatic carbocycles. The highest BCUT2D eigenvalue weighted by molar-refractivity contribution is 6.32. The largest absolute Gasteiger partial charge is 0.481 e. The van der Waals surface area contributed by atoms with Gasteiger partial charge in [0.1, 0.15) is 6.61 Å². The van der Waals surface area contributed by atoms with Crippen molar-refractivity contribution in [3.8, 4) is 11.6 Å². The van der Waals surface area contributed by atoms with Crippen molar-refractivity contribution in [2.45, 2.75) is 39.3 Å². The summed E-state index contributed by atoms with van der Waals surface area (Å²) in [7, 11) is 0. The van der Waals surface area contributed by atoms with Gasteiger partial charge in [0.25, 0.3) is 5.91 Å². The zero-order valence-electron chi connectivity index (χ0n) is 19.2. The van der Waals surface area contributed by atoms with Gasteiger partial charge in [0.05, 0.1) is 29.3 Å². The number of aromatic nitrogens is 2. The molecule has 0 fully saturated rings. The molecule has 3 aromatic rings. The van der Waals surface area contributed by atoms with Gasteiger partial charge < -0.3 is 20.3 Å². The summed E-state index contributed by atoms with van der Waals surface area (Å²) in [6, 6.07) is 16.5. The zero-order valence-corrected chi connectivity index (χ0v) is 20.0. The van der Waals surface area contributed by atoms with Crippen LogP contribution in [0.5, 0.6) is 5.88 Å². The number of ether oxygens (including phenoxy) is 1. The molecule has 0 radical (unpaired) electrons. The number of carbonyl (C=O) groups excluding carboxylic acids is 1. The normalized spacial score (nSPS) is 13.2. The fourth-order valence-electron chi connectivity index (χ4n) is 3.13. The Morgan fingerprint density at radius 3 is 2.38 bits per heavy atom. The first-order valence-electron chi connectivity index (χ1n) is 10.8. The summed E-state index contributed by atoms with van der Waals surface area (Å²) in [6.07, 6.45) is -1.06. The number of amides is 1. The van der Waals surface area contributed by atoms with Crippen LogP contribution in [0.3, 0.4) is 0 Å². The number of nitrogens with zero attached hydrogens (tertiary/aromatic N) is 2. The number of aliphatic hydroxyl groups excluding tert-OH is 1. The molecule has 0 spiro atoms. The van der Waals surface area contributed by atoms with Crippen LogP contribution in [0.2, 0.25) is 5.02 Å². The molecule has 0 aliphatic heterocycles. The monoisotopic (exact) mass is 485 g/mol. The molecule has 9 heteroatoms. The first-order valence-corrected chi connectivity index (χ1v) is 11.2. The van der Waals surface area contributed by atoms with Crippen LogP contribution in [-0.4, -0.2) is 44.6 Å². The molecule has 180 valence electrons. The van der Waals surface area contributed by atoms with Crippen LogP contribution < -0.4 is 10.1 Å². The lowest BCUT2D eigenvalue weighted by Crippen LogP contribution is -2.32. The van der Waals surface area contributed by atoms with Gasteiger partial charge in [-0.3, -0.25) is 9.59 Å². The molecule has 3 rings (SSSR count). The molecule has 1 aromatic heterocycles. The lowest BCUT2D eigenvalue weighted by atomic mass is 9.90. The summed E-state index contributed by atoms with van der Waals surface area (Å²) in [5.41, 5.74) is 0.767. The lowest BCUT2D eigenvalue weighted by molar-refractivity contribution is -0.137. The standard InChI is InChI=1S/C25H28ClN3O5/c1-25(2,3)21(30)15-34-22-13-19(28-29(22)20-12-8-7-11-17(20)26)24(33)27-18(14-23(31)32)16-9-5-4-6-10-16/h4-13,18,21,30H,14-15H2,1-3H3,(H,27,33)(H,31,32)/t18?,21-/m1/s1. The van der Waals surface area contributed by atoms with Crippen molar-refractivity contribution in [2.75, 3.05) is 6.61 Å². The van der Waals surface area contributed by atoms with E-state index in [0.29, 0.717) is 16.3 Å². The maximum atomic E-state index is 13.1. The number of rotatable bonds is 9. The number of halogens is 1. The van der Waals surface area contributed by atoms with E-state index in [1.165, 1.54) is 10.7 Å². The predicted molar refractivity (Wildman–Crippen MR) is 128 cm³/mol. The molecule has 0 bridgehead atoms. The second-order valence-electron chi connectivity index (χ2n) is 8.96. The molecule has 0 saturated carbocycles. The Morgan fingerprint density at radius 2 is 1.76 bits per heavy atom. The van der Waals surface area contributed by atoms with Gasteiger partial charge in [-0.05, 0) is 23.1 Å². The quantitative estimate of drug-likeness (QED) is 0.417. The van der Waals surface area contributed by atoms with Crippen molar-refractivity contribution in [3.63, 3.8) is 0 Å². The minimum absolute atomic E-state index is 0.0199. The van der Waals surface area contributed by atoms with Crippen molar-refractivity contribution in [1.82, 2.24) is 15.1 Å². The third kappa shape index (κ3) is 6.36. The topological polar surface area (TPSA) is 114 Å². The molecule has 8 nitrogen and oxygen atoms in total. The van der Waals surface area contributed by atoms with Gasteiger partial charge in [-0.25, -0.2) is 0 Å². The fourth-order valence-corrected chi connectivity index (χ4v) is 3.35. The van der Waals surface area contributed by atoms with Crippen molar-refractivity contribution in [2.24, 2.45) is 5.41 Å². The third-order valence-corrected chi connectivity index (χ3v) is 5.58. The van der Waals surface area contributed by atoms with E-state index in [1.54, 1.807) is 48.5 Å². The van der Waals surface area contributed by atoms with Crippen molar-refractivity contribution in [3.05, 3.63) is 76.9 Å². The maximum absolute atomic E-state index is 13.1. The van der Waals surface area contributed by atoms with E-state index in [4.69, 9.17) is 16.3 Å². The zero-order chi connectivity index (χ0) is 24.9. The average molecular weight is 486 g/mol. The third-order valence-electron chi connectivity index (χ3n) is 5.26. The van der Waals surface area contributed by atoms with Crippen LogP contribution in [0.1, 0.15) is 49.3 Å². The van der Waals surface area contributed by atoms with E-state index in [0.717, 1.165) is 0 Å². The molecule has 1 amide bonds. The Bertz CT molecular complexity index is 1140. The van der Waals surface area contributed by atoms with Gasteiger partial charge in [0, 0.05) is 6.07 Å². The number of hydrogen-bond donors (Lipinski definition) is 3. The molecule has 0 saturated heterocycles. The first kappa shape index (κ1) is 25.3. The van der Waals surface area contributed by atoms with Crippen LogP contribution in [0.15, 0.2) is 60.7 Å². The van der Waals surface area contributed by atoms with Crippen molar-refractivity contribution >= 4 is 23.5 Å². The Morgan fingerprint density at radius 1 is 1.12 bits per heavy atom. The molecule has 1 unspecified atom stereocenters. The SMILES string of the molecule is CC(C)(C)[C@H](O)COc1cc(C(=O)NC(CC(=O)O)c2ccccc2)nn1-c1ccccc1Cl. The number of benzene rings is 2. The minimum Gasteiger partial charge on any atom is -0.481 e. The summed E-state index contributed by atoms with van der Waals surface area (Å²) in [5, 5.41) is 27.2. The van der Waals surface area contributed by atoms with Crippen LogP contribution in [-0.2, 0) is 4.79 Å². The number of aliphatic carboxylic acids is 1. The van der Waals surface area contributed by atoms with E-state index >= 15 is 0 Å². The summed E-state index contributed by atoms with van der Waals surface area (Å²) >= 11 is 6.34.